The number of benzene rings is 3. The predicted molar refractivity (Wildman–Crippen MR) is 128 cm³/mol. The summed E-state index contributed by atoms with van der Waals surface area (Å²) in [5.74, 6) is -0.807. The van der Waals surface area contributed by atoms with Crippen LogP contribution in [0.2, 0.25) is 0 Å². The number of imide groups is 1. The van der Waals surface area contributed by atoms with Crippen LogP contribution < -0.4 is 24.4 Å². The van der Waals surface area contributed by atoms with Crippen LogP contribution in [0.3, 0.4) is 0 Å². The Morgan fingerprint density at radius 2 is 1.57 bits per heavy atom. The Labute approximate surface area is 201 Å². The fourth-order valence-electron chi connectivity index (χ4n) is 3.65. The minimum atomic E-state index is -4.07. The summed E-state index contributed by atoms with van der Waals surface area (Å²) in [6, 6.07) is 14.7. The third-order valence-corrected chi connectivity index (χ3v) is 6.77. The van der Waals surface area contributed by atoms with Crippen LogP contribution in [-0.2, 0) is 19.6 Å². The highest BCUT2D eigenvalue weighted by Crippen LogP contribution is 2.31. The van der Waals surface area contributed by atoms with Crippen LogP contribution in [0.25, 0.3) is 0 Å². The summed E-state index contributed by atoms with van der Waals surface area (Å²) >= 11 is 0. The lowest BCUT2D eigenvalue weighted by Gasteiger charge is -2.17. The van der Waals surface area contributed by atoms with Crippen LogP contribution in [-0.4, -0.2) is 40.5 Å². The van der Waals surface area contributed by atoms with Gasteiger partial charge in [0.25, 0.3) is 15.9 Å². The molecule has 1 atom stereocenters. The van der Waals surface area contributed by atoms with Crippen molar-refractivity contribution in [2.45, 2.75) is 17.4 Å². The molecule has 0 radical (unpaired) electrons. The van der Waals surface area contributed by atoms with Crippen molar-refractivity contribution < 1.29 is 31.9 Å². The Morgan fingerprint density at radius 3 is 2.20 bits per heavy atom. The van der Waals surface area contributed by atoms with Crippen molar-refractivity contribution in [2.75, 3.05) is 29.2 Å². The van der Waals surface area contributed by atoms with E-state index in [0.717, 1.165) is 17.0 Å². The van der Waals surface area contributed by atoms with E-state index in [1.807, 2.05) is 0 Å². The number of carbonyl (C=O) groups excluding carboxylic acids is 2. The van der Waals surface area contributed by atoms with E-state index in [9.17, 15) is 22.4 Å². The fraction of sp³-hybridized carbons (Fsp3) is 0.167. The molecule has 11 heteroatoms. The summed E-state index contributed by atoms with van der Waals surface area (Å²) in [4.78, 5) is 26.2. The van der Waals surface area contributed by atoms with Gasteiger partial charge < -0.3 is 14.8 Å². The molecule has 3 aromatic carbocycles. The number of rotatable bonds is 8. The number of ether oxygens (including phenoxy) is 2. The number of methoxy groups -OCH3 is 2. The molecule has 35 heavy (non-hydrogen) atoms. The largest absolute Gasteiger partial charge is 0.497 e. The molecule has 0 aliphatic carbocycles. The number of halogens is 1. The van der Waals surface area contributed by atoms with E-state index in [4.69, 9.17) is 9.47 Å². The SMILES string of the molecule is COc1ccc(NS(=O)(=O)c2cc(NC3CC(=O)N(c4ccc(F)cc4)C3=O)ccc2OC)cc1. The van der Waals surface area contributed by atoms with E-state index in [1.165, 1.54) is 38.5 Å². The second kappa shape index (κ2) is 9.63. The van der Waals surface area contributed by atoms with E-state index < -0.39 is 33.7 Å². The van der Waals surface area contributed by atoms with Gasteiger partial charge in [0.1, 0.15) is 28.3 Å². The molecule has 1 fully saturated rings. The average molecular weight is 500 g/mol. The monoisotopic (exact) mass is 499 g/mol. The number of anilines is 3. The summed E-state index contributed by atoms with van der Waals surface area (Å²) < 4.78 is 52.2. The van der Waals surface area contributed by atoms with Gasteiger partial charge in [-0.3, -0.25) is 14.3 Å². The van der Waals surface area contributed by atoms with Crippen LogP contribution >= 0.6 is 0 Å². The minimum Gasteiger partial charge on any atom is -0.497 e. The van der Waals surface area contributed by atoms with E-state index in [1.54, 1.807) is 30.3 Å². The van der Waals surface area contributed by atoms with Gasteiger partial charge in [0.05, 0.1) is 26.3 Å². The maximum Gasteiger partial charge on any atom is 0.265 e. The van der Waals surface area contributed by atoms with Crippen LogP contribution in [0.1, 0.15) is 6.42 Å². The maximum absolute atomic E-state index is 13.2. The highest BCUT2D eigenvalue weighted by atomic mass is 32.2. The summed E-state index contributed by atoms with van der Waals surface area (Å²) in [7, 11) is -1.22. The number of carbonyl (C=O) groups is 2. The van der Waals surface area contributed by atoms with Crippen LogP contribution in [0, 0.1) is 5.82 Å². The normalized spacial score (nSPS) is 15.7. The quantitative estimate of drug-likeness (QED) is 0.457. The first-order valence-electron chi connectivity index (χ1n) is 10.5. The molecule has 1 unspecified atom stereocenters. The van der Waals surface area contributed by atoms with E-state index >= 15 is 0 Å². The van der Waals surface area contributed by atoms with Gasteiger partial charge in [-0.05, 0) is 66.7 Å². The molecular weight excluding hydrogens is 477 g/mol. The topological polar surface area (TPSA) is 114 Å². The lowest BCUT2D eigenvalue weighted by atomic mass is 10.2. The van der Waals surface area contributed by atoms with Gasteiger partial charge >= 0.3 is 0 Å². The molecule has 0 saturated carbocycles. The Bertz CT molecular complexity index is 1360. The molecule has 1 aliphatic heterocycles. The van der Waals surface area contributed by atoms with Crippen molar-refractivity contribution in [2.24, 2.45) is 0 Å². The minimum absolute atomic E-state index is 0.0957. The molecule has 0 spiro atoms. The molecule has 4 rings (SSSR count). The molecule has 3 aromatic rings. The van der Waals surface area contributed by atoms with Crippen LogP contribution in [0.4, 0.5) is 21.5 Å². The molecule has 9 nitrogen and oxygen atoms in total. The second-order valence-electron chi connectivity index (χ2n) is 7.64. The smallest absolute Gasteiger partial charge is 0.265 e. The molecule has 0 aromatic heterocycles. The fourth-order valence-corrected chi connectivity index (χ4v) is 4.91. The van der Waals surface area contributed by atoms with Gasteiger partial charge in [0.2, 0.25) is 5.91 Å². The summed E-state index contributed by atoms with van der Waals surface area (Å²) in [5.41, 5.74) is 0.873. The Morgan fingerprint density at radius 1 is 0.914 bits per heavy atom. The number of sulfonamides is 1. The highest BCUT2D eigenvalue weighted by molar-refractivity contribution is 7.92. The van der Waals surface area contributed by atoms with Crippen LogP contribution in [0.15, 0.2) is 71.6 Å². The molecule has 1 heterocycles. The van der Waals surface area contributed by atoms with Crippen molar-refractivity contribution in [3.8, 4) is 11.5 Å². The summed E-state index contributed by atoms with van der Waals surface area (Å²) in [6.45, 7) is 0. The number of amides is 2. The average Bonchev–Trinajstić information content (AvgIpc) is 3.12. The Balaban J connectivity index is 1.57. The van der Waals surface area contributed by atoms with Gasteiger partial charge in [0, 0.05) is 11.4 Å². The van der Waals surface area contributed by atoms with Crippen molar-refractivity contribution in [3.05, 3.63) is 72.5 Å². The molecule has 1 saturated heterocycles. The van der Waals surface area contributed by atoms with Gasteiger partial charge in [-0.25, -0.2) is 17.7 Å². The predicted octanol–water partition coefficient (Wildman–Crippen LogP) is 3.39. The molecule has 1 aliphatic rings. The molecular formula is C24H22FN3O6S. The molecule has 0 bridgehead atoms. The molecule has 182 valence electrons. The van der Waals surface area contributed by atoms with Crippen molar-refractivity contribution in [1.82, 2.24) is 0 Å². The van der Waals surface area contributed by atoms with Gasteiger partial charge in [-0.15, -0.1) is 0 Å². The van der Waals surface area contributed by atoms with Gasteiger partial charge in [-0.1, -0.05) is 0 Å². The summed E-state index contributed by atoms with van der Waals surface area (Å²) in [5, 5.41) is 2.92. The number of hydrogen-bond acceptors (Lipinski definition) is 7. The maximum atomic E-state index is 13.2. The van der Waals surface area contributed by atoms with Crippen molar-refractivity contribution in [1.29, 1.82) is 0 Å². The Kier molecular flexibility index (Phi) is 6.61. The van der Waals surface area contributed by atoms with Crippen molar-refractivity contribution >= 4 is 38.9 Å². The van der Waals surface area contributed by atoms with Gasteiger partial charge in [-0.2, -0.15) is 0 Å². The summed E-state index contributed by atoms with van der Waals surface area (Å²) in [6.07, 6.45) is -0.144. The highest BCUT2D eigenvalue weighted by Gasteiger charge is 2.39. The third kappa shape index (κ3) is 5.04. The zero-order valence-corrected chi connectivity index (χ0v) is 19.6. The zero-order chi connectivity index (χ0) is 25.2. The zero-order valence-electron chi connectivity index (χ0n) is 18.8. The number of hydrogen-bond donors (Lipinski definition) is 2. The molecule has 2 N–H and O–H groups in total. The van der Waals surface area contributed by atoms with E-state index in [0.29, 0.717) is 17.1 Å². The first kappa shape index (κ1) is 24.0. The van der Waals surface area contributed by atoms with Crippen LogP contribution in [0.5, 0.6) is 11.5 Å². The lowest BCUT2D eigenvalue weighted by Crippen LogP contribution is -2.34. The second-order valence-corrected chi connectivity index (χ2v) is 9.30. The lowest BCUT2D eigenvalue weighted by molar-refractivity contribution is -0.121. The standard InChI is InChI=1S/C24H22FN3O6S/c1-33-19-10-5-16(6-11-19)27-35(31,32)22-13-17(7-12-21(22)34-2)26-20-14-23(29)28(24(20)30)18-8-3-15(25)4-9-18/h3-13,20,26-27H,14H2,1-2H3. The van der Waals surface area contributed by atoms with Gasteiger partial charge in [0.15, 0.2) is 0 Å². The number of nitrogens with one attached hydrogen (secondary N) is 2. The first-order valence-corrected chi connectivity index (χ1v) is 11.9. The third-order valence-electron chi connectivity index (χ3n) is 5.37. The van der Waals surface area contributed by atoms with E-state index in [-0.39, 0.29) is 22.8 Å². The number of nitrogens with zero attached hydrogens (tertiary/aromatic N) is 1. The molecule has 2 amide bonds. The Hall–Kier alpha value is -4.12. The van der Waals surface area contributed by atoms with E-state index in [2.05, 4.69) is 10.0 Å². The first-order chi connectivity index (χ1) is 16.7. The van der Waals surface area contributed by atoms with Crippen molar-refractivity contribution in [3.63, 3.8) is 0 Å².